The zero-order valence-electron chi connectivity index (χ0n) is 14.4. The van der Waals surface area contributed by atoms with Crippen LogP contribution in [0, 0.1) is 11.3 Å². The second kappa shape index (κ2) is 8.15. The average Bonchev–Trinajstić information content (AvgIpc) is 3.26. The molecule has 0 bridgehead atoms. The monoisotopic (exact) mass is 354 g/mol. The fourth-order valence-electron chi connectivity index (χ4n) is 3.16. The number of likely N-dealkylation sites (N-methyl/N-ethyl adjacent to an activating group) is 1. The zero-order chi connectivity index (χ0) is 17.6. The van der Waals surface area contributed by atoms with Crippen molar-refractivity contribution in [2.75, 3.05) is 36.9 Å². The molecule has 1 aromatic heterocycles. The molecule has 1 saturated heterocycles. The standard InChI is InChI=1S/C19H22N4OS/c1-22(14-18(24)21-19-15(12-20)8-11-25-19)13-16-6-2-3-7-17(16)23-9-4-5-10-23/h2-3,6-8,11H,4-5,9-10,13-14H2,1H3,(H,21,24). The van der Waals surface area contributed by atoms with Crippen molar-refractivity contribution in [1.29, 1.82) is 5.26 Å². The summed E-state index contributed by atoms with van der Waals surface area (Å²) < 4.78 is 0. The summed E-state index contributed by atoms with van der Waals surface area (Å²) in [4.78, 5) is 16.7. The molecule has 1 amide bonds. The summed E-state index contributed by atoms with van der Waals surface area (Å²) in [7, 11) is 1.94. The van der Waals surface area contributed by atoms with Crippen LogP contribution in [-0.4, -0.2) is 37.5 Å². The molecule has 0 radical (unpaired) electrons. The van der Waals surface area contributed by atoms with Crippen molar-refractivity contribution in [3.8, 4) is 6.07 Å². The predicted molar refractivity (Wildman–Crippen MR) is 102 cm³/mol. The lowest BCUT2D eigenvalue weighted by atomic mass is 10.1. The second-order valence-corrected chi connectivity index (χ2v) is 7.23. The van der Waals surface area contributed by atoms with Crippen molar-refractivity contribution in [1.82, 2.24) is 4.90 Å². The Morgan fingerprint density at radius 1 is 1.32 bits per heavy atom. The maximum Gasteiger partial charge on any atom is 0.239 e. The number of benzene rings is 1. The Balaban J connectivity index is 1.60. The zero-order valence-corrected chi connectivity index (χ0v) is 15.2. The smallest absolute Gasteiger partial charge is 0.239 e. The molecule has 1 fully saturated rings. The molecule has 2 heterocycles. The van der Waals surface area contributed by atoms with Crippen LogP contribution in [0.4, 0.5) is 10.7 Å². The van der Waals surface area contributed by atoms with Gasteiger partial charge in [0.15, 0.2) is 0 Å². The number of hydrogen-bond acceptors (Lipinski definition) is 5. The SMILES string of the molecule is CN(CC(=O)Nc1sccc1C#N)Cc1ccccc1N1CCCC1. The van der Waals surface area contributed by atoms with Gasteiger partial charge in [-0.1, -0.05) is 18.2 Å². The van der Waals surface area contributed by atoms with Gasteiger partial charge in [-0.3, -0.25) is 9.69 Å². The normalized spacial score (nSPS) is 13.9. The highest BCUT2D eigenvalue weighted by molar-refractivity contribution is 7.14. The van der Waals surface area contributed by atoms with Gasteiger partial charge in [0.1, 0.15) is 11.1 Å². The number of rotatable bonds is 6. The van der Waals surface area contributed by atoms with Crippen LogP contribution in [0.2, 0.25) is 0 Å². The molecule has 6 heteroatoms. The Hall–Kier alpha value is -2.36. The van der Waals surface area contributed by atoms with Crippen molar-refractivity contribution in [2.45, 2.75) is 19.4 Å². The highest BCUT2D eigenvalue weighted by atomic mass is 32.1. The van der Waals surface area contributed by atoms with Gasteiger partial charge in [-0.25, -0.2) is 0 Å². The van der Waals surface area contributed by atoms with Crippen LogP contribution in [0.3, 0.4) is 0 Å². The number of nitriles is 1. The number of carbonyl (C=O) groups excluding carboxylic acids is 1. The molecule has 1 N–H and O–H groups in total. The van der Waals surface area contributed by atoms with E-state index in [1.54, 1.807) is 6.07 Å². The molecule has 2 aromatic rings. The van der Waals surface area contributed by atoms with Gasteiger partial charge in [0.25, 0.3) is 0 Å². The lowest BCUT2D eigenvalue weighted by molar-refractivity contribution is -0.117. The number of amides is 1. The molecule has 25 heavy (non-hydrogen) atoms. The molecule has 3 rings (SSSR count). The molecule has 1 aromatic carbocycles. The Kier molecular flexibility index (Phi) is 5.69. The van der Waals surface area contributed by atoms with Crippen LogP contribution in [0.5, 0.6) is 0 Å². The van der Waals surface area contributed by atoms with Gasteiger partial charge in [-0.05, 0) is 43.0 Å². The maximum atomic E-state index is 12.3. The first-order valence-corrected chi connectivity index (χ1v) is 9.34. The molecule has 0 unspecified atom stereocenters. The van der Waals surface area contributed by atoms with Crippen LogP contribution in [0.25, 0.3) is 0 Å². The fourth-order valence-corrected chi connectivity index (χ4v) is 3.92. The van der Waals surface area contributed by atoms with E-state index in [2.05, 4.69) is 34.5 Å². The lowest BCUT2D eigenvalue weighted by Gasteiger charge is -2.24. The molecular formula is C19H22N4OS. The predicted octanol–water partition coefficient (Wildman–Crippen LogP) is 3.29. The topological polar surface area (TPSA) is 59.4 Å². The minimum Gasteiger partial charge on any atom is -0.371 e. The number of para-hydroxylation sites is 1. The third-order valence-corrected chi connectivity index (χ3v) is 5.16. The number of thiophene rings is 1. The van der Waals surface area contributed by atoms with Crippen molar-refractivity contribution in [3.63, 3.8) is 0 Å². The number of nitrogens with one attached hydrogen (secondary N) is 1. The first kappa shape index (κ1) is 17.5. The van der Waals surface area contributed by atoms with E-state index >= 15 is 0 Å². The molecule has 0 saturated carbocycles. The molecular weight excluding hydrogens is 332 g/mol. The lowest BCUT2D eigenvalue weighted by Crippen LogP contribution is -2.30. The summed E-state index contributed by atoms with van der Waals surface area (Å²) in [6.07, 6.45) is 2.49. The van der Waals surface area contributed by atoms with E-state index in [1.165, 1.54) is 35.4 Å². The Morgan fingerprint density at radius 2 is 2.08 bits per heavy atom. The fraction of sp³-hybridized carbons (Fsp3) is 0.368. The van der Waals surface area contributed by atoms with Gasteiger partial charge in [-0.15, -0.1) is 11.3 Å². The minimum absolute atomic E-state index is 0.0971. The molecule has 5 nitrogen and oxygen atoms in total. The molecule has 1 aliphatic heterocycles. The molecule has 130 valence electrons. The maximum absolute atomic E-state index is 12.3. The average molecular weight is 354 g/mol. The largest absolute Gasteiger partial charge is 0.371 e. The van der Waals surface area contributed by atoms with E-state index in [1.807, 2.05) is 23.4 Å². The Labute approximate surface area is 152 Å². The number of nitrogens with zero attached hydrogens (tertiary/aromatic N) is 3. The number of hydrogen-bond donors (Lipinski definition) is 1. The number of anilines is 2. The first-order chi connectivity index (χ1) is 12.2. The third-order valence-electron chi connectivity index (χ3n) is 4.33. The minimum atomic E-state index is -0.0971. The van der Waals surface area contributed by atoms with Gasteiger partial charge in [0.05, 0.1) is 12.1 Å². The van der Waals surface area contributed by atoms with Crippen molar-refractivity contribution in [2.24, 2.45) is 0 Å². The van der Waals surface area contributed by atoms with E-state index in [9.17, 15) is 4.79 Å². The highest BCUT2D eigenvalue weighted by Crippen LogP contribution is 2.25. The molecule has 0 spiro atoms. The Morgan fingerprint density at radius 3 is 2.84 bits per heavy atom. The van der Waals surface area contributed by atoms with E-state index in [4.69, 9.17) is 5.26 Å². The van der Waals surface area contributed by atoms with Crippen LogP contribution < -0.4 is 10.2 Å². The summed E-state index contributed by atoms with van der Waals surface area (Å²) in [5, 5.41) is 14.3. The second-order valence-electron chi connectivity index (χ2n) is 6.32. The quantitative estimate of drug-likeness (QED) is 0.865. The van der Waals surface area contributed by atoms with Crippen molar-refractivity contribution >= 4 is 27.9 Å². The van der Waals surface area contributed by atoms with Gasteiger partial charge in [-0.2, -0.15) is 5.26 Å². The molecule has 0 atom stereocenters. The van der Waals surface area contributed by atoms with E-state index < -0.39 is 0 Å². The van der Waals surface area contributed by atoms with Gasteiger partial charge < -0.3 is 10.2 Å². The molecule has 1 aliphatic rings. The summed E-state index contributed by atoms with van der Waals surface area (Å²) in [6.45, 7) is 3.22. The van der Waals surface area contributed by atoms with Crippen LogP contribution in [0.15, 0.2) is 35.7 Å². The third kappa shape index (κ3) is 4.38. The van der Waals surface area contributed by atoms with Crippen molar-refractivity contribution in [3.05, 3.63) is 46.8 Å². The van der Waals surface area contributed by atoms with E-state index in [-0.39, 0.29) is 12.5 Å². The van der Waals surface area contributed by atoms with Gasteiger partial charge in [0, 0.05) is 25.3 Å². The highest BCUT2D eigenvalue weighted by Gasteiger charge is 2.17. The van der Waals surface area contributed by atoms with Crippen molar-refractivity contribution < 1.29 is 4.79 Å². The summed E-state index contributed by atoms with van der Waals surface area (Å²) in [5.41, 5.74) is 3.03. The summed E-state index contributed by atoms with van der Waals surface area (Å²) in [5.74, 6) is -0.0971. The Bertz CT molecular complexity index is 774. The van der Waals surface area contributed by atoms with E-state index in [0.29, 0.717) is 10.6 Å². The van der Waals surface area contributed by atoms with Crippen LogP contribution >= 0.6 is 11.3 Å². The van der Waals surface area contributed by atoms with Crippen LogP contribution in [0.1, 0.15) is 24.0 Å². The number of carbonyl (C=O) groups is 1. The van der Waals surface area contributed by atoms with E-state index in [0.717, 1.165) is 19.6 Å². The summed E-state index contributed by atoms with van der Waals surface area (Å²) >= 11 is 1.37. The van der Waals surface area contributed by atoms with Gasteiger partial charge in [0.2, 0.25) is 5.91 Å². The van der Waals surface area contributed by atoms with Crippen LogP contribution in [-0.2, 0) is 11.3 Å². The first-order valence-electron chi connectivity index (χ1n) is 8.46. The summed E-state index contributed by atoms with van der Waals surface area (Å²) in [6, 6.07) is 12.2. The molecule has 0 aliphatic carbocycles. The van der Waals surface area contributed by atoms with Gasteiger partial charge >= 0.3 is 0 Å².